The molecule has 0 spiro atoms. The third-order valence-corrected chi connectivity index (χ3v) is 4.58. The minimum atomic E-state index is -0.305. The summed E-state index contributed by atoms with van der Waals surface area (Å²) in [6.45, 7) is 9.20. The molecule has 1 aromatic carbocycles. The topological polar surface area (TPSA) is 66.4 Å². The van der Waals surface area contributed by atoms with E-state index < -0.39 is 0 Å². The normalized spacial score (nSPS) is 13.5. The van der Waals surface area contributed by atoms with Gasteiger partial charge in [0.25, 0.3) is 0 Å². The molecule has 1 aliphatic heterocycles. The molecule has 0 aromatic heterocycles. The molecule has 0 saturated carbocycles. The first-order valence-corrected chi connectivity index (χ1v) is 9.79. The Hall–Kier alpha value is -2.35. The molecule has 1 aromatic rings. The summed E-state index contributed by atoms with van der Waals surface area (Å²) in [5, 5.41) is 3.20. The van der Waals surface area contributed by atoms with E-state index in [0.717, 1.165) is 11.1 Å². The van der Waals surface area contributed by atoms with Gasteiger partial charge in [0.2, 0.25) is 5.91 Å². The molecule has 0 saturated heterocycles. The fourth-order valence-corrected chi connectivity index (χ4v) is 3.15. The van der Waals surface area contributed by atoms with Crippen molar-refractivity contribution in [3.63, 3.8) is 0 Å². The monoisotopic (exact) mass is 394 g/mol. The SMILES string of the molecule is CCNC(=NCCc1cc(F)cc2c1OCOC2)N(C)CC(=O)N(CC)CC. The van der Waals surface area contributed by atoms with Gasteiger partial charge in [-0.25, -0.2) is 4.39 Å². The number of amides is 1. The molecule has 1 N–H and O–H groups in total. The number of guanidine groups is 1. The Kier molecular flexibility index (Phi) is 8.50. The highest BCUT2D eigenvalue weighted by Gasteiger charge is 2.18. The van der Waals surface area contributed by atoms with Crippen LogP contribution in [-0.2, 0) is 22.6 Å². The molecule has 0 radical (unpaired) electrons. The number of carbonyl (C=O) groups is 1. The van der Waals surface area contributed by atoms with Gasteiger partial charge >= 0.3 is 0 Å². The Morgan fingerprint density at radius 2 is 2.04 bits per heavy atom. The number of hydrogen-bond acceptors (Lipinski definition) is 4. The zero-order chi connectivity index (χ0) is 20.5. The number of aliphatic imine (C=N–C) groups is 1. The Morgan fingerprint density at radius 1 is 1.29 bits per heavy atom. The van der Waals surface area contributed by atoms with E-state index in [9.17, 15) is 9.18 Å². The van der Waals surface area contributed by atoms with E-state index in [-0.39, 0.29) is 25.1 Å². The number of fused-ring (bicyclic) bond motifs is 1. The Bertz CT molecular complexity index is 692. The lowest BCUT2D eigenvalue weighted by molar-refractivity contribution is -0.131. The Labute approximate surface area is 166 Å². The molecule has 1 amide bonds. The summed E-state index contributed by atoms with van der Waals surface area (Å²) in [6.07, 6.45) is 0.535. The second-order valence-electron chi connectivity index (χ2n) is 6.57. The van der Waals surface area contributed by atoms with Crippen LogP contribution in [-0.4, -0.2) is 68.2 Å². The van der Waals surface area contributed by atoms with Crippen LogP contribution in [0.3, 0.4) is 0 Å². The van der Waals surface area contributed by atoms with Gasteiger partial charge < -0.3 is 24.6 Å². The van der Waals surface area contributed by atoms with E-state index in [2.05, 4.69) is 10.3 Å². The van der Waals surface area contributed by atoms with Crippen LogP contribution in [0.25, 0.3) is 0 Å². The minimum absolute atomic E-state index is 0.0608. The molecule has 1 heterocycles. The summed E-state index contributed by atoms with van der Waals surface area (Å²) in [4.78, 5) is 20.6. The zero-order valence-corrected chi connectivity index (χ0v) is 17.3. The largest absolute Gasteiger partial charge is 0.467 e. The first-order valence-electron chi connectivity index (χ1n) is 9.79. The summed E-state index contributed by atoms with van der Waals surface area (Å²) < 4.78 is 24.6. The predicted octanol–water partition coefficient (Wildman–Crippen LogP) is 2.00. The number of benzene rings is 1. The van der Waals surface area contributed by atoms with Gasteiger partial charge in [-0.15, -0.1) is 0 Å². The van der Waals surface area contributed by atoms with Crippen molar-refractivity contribution >= 4 is 11.9 Å². The number of ether oxygens (including phenoxy) is 2. The van der Waals surface area contributed by atoms with Crippen LogP contribution >= 0.6 is 0 Å². The number of nitrogens with one attached hydrogen (secondary N) is 1. The molecule has 7 nitrogen and oxygen atoms in total. The molecule has 0 unspecified atom stereocenters. The molecular weight excluding hydrogens is 363 g/mol. The van der Waals surface area contributed by atoms with Crippen molar-refractivity contribution in [3.05, 3.63) is 29.1 Å². The van der Waals surface area contributed by atoms with Gasteiger partial charge in [-0.05, 0) is 44.9 Å². The van der Waals surface area contributed by atoms with E-state index in [0.29, 0.717) is 50.9 Å². The highest BCUT2D eigenvalue weighted by Crippen LogP contribution is 2.29. The van der Waals surface area contributed by atoms with Crippen molar-refractivity contribution < 1.29 is 18.7 Å². The summed E-state index contributed by atoms with van der Waals surface area (Å²) in [6, 6.07) is 2.93. The third-order valence-electron chi connectivity index (χ3n) is 4.58. The predicted molar refractivity (Wildman–Crippen MR) is 107 cm³/mol. The van der Waals surface area contributed by atoms with Crippen LogP contribution in [0.5, 0.6) is 5.75 Å². The van der Waals surface area contributed by atoms with E-state index in [1.807, 2.05) is 32.7 Å². The lowest BCUT2D eigenvalue weighted by Gasteiger charge is -2.25. The standard InChI is InChI=1S/C20H31FN4O3/c1-5-22-20(24(4)12-18(26)25(6-2)7-3)23-9-8-15-10-17(21)11-16-13-27-14-28-19(15)16/h10-11H,5-9,12-14H2,1-4H3,(H,22,23). The maximum absolute atomic E-state index is 13.9. The summed E-state index contributed by atoms with van der Waals surface area (Å²) in [5.74, 6) is 1.10. The fourth-order valence-electron chi connectivity index (χ4n) is 3.15. The van der Waals surface area contributed by atoms with Crippen molar-refractivity contribution in [2.75, 3.05) is 46.6 Å². The van der Waals surface area contributed by atoms with Crippen LogP contribution in [0.4, 0.5) is 4.39 Å². The number of halogens is 1. The maximum atomic E-state index is 13.9. The van der Waals surface area contributed by atoms with E-state index >= 15 is 0 Å². The lowest BCUT2D eigenvalue weighted by atomic mass is 10.1. The average molecular weight is 394 g/mol. The first kappa shape index (κ1) is 21.9. The molecule has 0 fully saturated rings. The highest BCUT2D eigenvalue weighted by molar-refractivity contribution is 5.86. The molecule has 8 heteroatoms. The zero-order valence-electron chi connectivity index (χ0n) is 17.3. The summed E-state index contributed by atoms with van der Waals surface area (Å²) in [5.41, 5.74) is 1.50. The quantitative estimate of drug-likeness (QED) is 0.540. The number of rotatable bonds is 8. The van der Waals surface area contributed by atoms with Crippen LogP contribution < -0.4 is 10.1 Å². The summed E-state index contributed by atoms with van der Waals surface area (Å²) in [7, 11) is 1.84. The second-order valence-corrected chi connectivity index (χ2v) is 6.57. The number of hydrogen-bond donors (Lipinski definition) is 1. The maximum Gasteiger partial charge on any atom is 0.242 e. The number of carbonyl (C=O) groups excluding carboxylic acids is 1. The van der Waals surface area contributed by atoms with Gasteiger partial charge in [0.15, 0.2) is 12.8 Å². The van der Waals surface area contributed by atoms with Gasteiger partial charge in [-0.3, -0.25) is 9.79 Å². The van der Waals surface area contributed by atoms with Crippen molar-refractivity contribution in [2.45, 2.75) is 33.8 Å². The molecule has 156 valence electrons. The number of likely N-dealkylation sites (N-methyl/N-ethyl adjacent to an activating group) is 2. The molecule has 1 aliphatic rings. The van der Waals surface area contributed by atoms with Crippen molar-refractivity contribution in [2.24, 2.45) is 4.99 Å². The smallest absolute Gasteiger partial charge is 0.242 e. The van der Waals surface area contributed by atoms with Crippen LogP contribution in [0.1, 0.15) is 31.9 Å². The van der Waals surface area contributed by atoms with E-state index in [1.165, 1.54) is 12.1 Å². The summed E-state index contributed by atoms with van der Waals surface area (Å²) >= 11 is 0. The molecule has 2 rings (SSSR count). The van der Waals surface area contributed by atoms with Gasteiger partial charge in [0.05, 0.1) is 13.2 Å². The van der Waals surface area contributed by atoms with Crippen LogP contribution in [0, 0.1) is 5.82 Å². The fraction of sp³-hybridized carbons (Fsp3) is 0.600. The molecule has 0 bridgehead atoms. The molecular formula is C20H31FN4O3. The van der Waals surface area contributed by atoms with Gasteiger partial charge in [-0.2, -0.15) is 0 Å². The van der Waals surface area contributed by atoms with E-state index in [1.54, 1.807) is 4.90 Å². The minimum Gasteiger partial charge on any atom is -0.467 e. The average Bonchev–Trinajstić information content (AvgIpc) is 2.68. The van der Waals surface area contributed by atoms with Crippen molar-refractivity contribution in [1.82, 2.24) is 15.1 Å². The number of nitrogens with zero attached hydrogens (tertiary/aromatic N) is 3. The Morgan fingerprint density at radius 3 is 2.71 bits per heavy atom. The van der Waals surface area contributed by atoms with E-state index in [4.69, 9.17) is 9.47 Å². The van der Waals surface area contributed by atoms with Gasteiger partial charge in [-0.1, -0.05) is 0 Å². The molecule has 0 aliphatic carbocycles. The van der Waals surface area contributed by atoms with Crippen LogP contribution in [0.15, 0.2) is 17.1 Å². The second kappa shape index (κ2) is 10.8. The highest BCUT2D eigenvalue weighted by atomic mass is 19.1. The molecule has 0 atom stereocenters. The third kappa shape index (κ3) is 5.82. The molecule has 28 heavy (non-hydrogen) atoms. The first-order chi connectivity index (χ1) is 13.5. The Balaban J connectivity index is 2.05. The lowest BCUT2D eigenvalue weighted by Crippen LogP contribution is -2.45. The van der Waals surface area contributed by atoms with Gasteiger partial charge in [0.1, 0.15) is 11.6 Å². The van der Waals surface area contributed by atoms with Crippen molar-refractivity contribution in [1.29, 1.82) is 0 Å². The van der Waals surface area contributed by atoms with Crippen LogP contribution in [0.2, 0.25) is 0 Å². The van der Waals surface area contributed by atoms with Crippen molar-refractivity contribution in [3.8, 4) is 5.75 Å². The van der Waals surface area contributed by atoms with Gasteiger partial charge in [0, 0.05) is 38.8 Å².